The topological polar surface area (TPSA) is 44.1 Å². The molecule has 0 radical (unpaired) electrons. The maximum absolute atomic E-state index is 13.2. The lowest BCUT2D eigenvalue weighted by Gasteiger charge is -2.07. The Balaban J connectivity index is 2.37. The first-order valence-corrected chi connectivity index (χ1v) is 7.33. The Morgan fingerprint density at radius 1 is 1.40 bits per heavy atom. The van der Waals surface area contributed by atoms with Gasteiger partial charge in [-0.15, -0.1) is 0 Å². The molecule has 0 N–H and O–H groups in total. The van der Waals surface area contributed by atoms with Crippen LogP contribution in [-0.4, -0.2) is 29.3 Å². The third kappa shape index (κ3) is 3.16. The maximum Gasteiger partial charge on any atom is 0.212 e. The Morgan fingerprint density at radius 2 is 2.15 bits per heavy atom. The predicted octanol–water partition coefficient (Wildman–Crippen LogP) is 3.42. The fraction of sp³-hybridized carbons (Fsp3) is 0.231. The second kappa shape index (κ2) is 6.60. The van der Waals surface area contributed by atoms with E-state index >= 15 is 0 Å². The highest BCUT2D eigenvalue weighted by Crippen LogP contribution is 2.23. The lowest BCUT2D eigenvalue weighted by Crippen LogP contribution is -2.15. The van der Waals surface area contributed by atoms with Gasteiger partial charge in [-0.2, -0.15) is 5.10 Å². The first-order chi connectivity index (χ1) is 9.54. The molecule has 1 heterocycles. The van der Waals surface area contributed by atoms with E-state index in [0.29, 0.717) is 28.9 Å². The molecule has 106 valence electrons. The molecule has 7 heteroatoms. The van der Waals surface area contributed by atoms with Gasteiger partial charge in [-0.3, -0.25) is 9.48 Å². The van der Waals surface area contributed by atoms with Crippen molar-refractivity contribution < 1.29 is 13.9 Å². The van der Waals surface area contributed by atoms with Crippen molar-refractivity contribution in [3.05, 3.63) is 50.4 Å². The van der Waals surface area contributed by atoms with Gasteiger partial charge >= 0.3 is 0 Å². The molecule has 0 saturated carbocycles. The summed E-state index contributed by atoms with van der Waals surface area (Å²) in [5.74, 6) is -0.639. The molecular formula is C13H11Br2FN2O2. The first-order valence-electron chi connectivity index (χ1n) is 5.74. The number of hydrogen-bond acceptors (Lipinski definition) is 3. The van der Waals surface area contributed by atoms with Gasteiger partial charge in [0.15, 0.2) is 0 Å². The third-order valence-electron chi connectivity index (χ3n) is 2.70. The van der Waals surface area contributed by atoms with E-state index in [1.165, 1.54) is 18.2 Å². The summed E-state index contributed by atoms with van der Waals surface area (Å²) in [6, 6.07) is 4.15. The zero-order valence-corrected chi connectivity index (χ0v) is 13.7. The van der Waals surface area contributed by atoms with Crippen molar-refractivity contribution >= 4 is 37.6 Å². The molecule has 2 aromatic rings. The van der Waals surface area contributed by atoms with Crippen LogP contribution in [0.25, 0.3) is 0 Å². The second-order valence-electron chi connectivity index (χ2n) is 4.02. The van der Waals surface area contributed by atoms with Crippen LogP contribution < -0.4 is 0 Å². The Bertz CT molecular complexity index is 643. The third-order valence-corrected chi connectivity index (χ3v) is 3.89. The molecule has 0 aliphatic heterocycles. The van der Waals surface area contributed by atoms with Crippen LogP contribution in [0.4, 0.5) is 4.39 Å². The van der Waals surface area contributed by atoms with Gasteiger partial charge in [0.1, 0.15) is 11.5 Å². The van der Waals surface area contributed by atoms with Crippen molar-refractivity contribution in [3.63, 3.8) is 0 Å². The summed E-state index contributed by atoms with van der Waals surface area (Å²) >= 11 is 6.38. The van der Waals surface area contributed by atoms with E-state index in [2.05, 4.69) is 37.0 Å². The highest BCUT2D eigenvalue weighted by Gasteiger charge is 2.19. The van der Waals surface area contributed by atoms with Crippen molar-refractivity contribution in [2.45, 2.75) is 6.54 Å². The van der Waals surface area contributed by atoms with E-state index in [1.807, 2.05) is 0 Å². The molecule has 1 aromatic carbocycles. The van der Waals surface area contributed by atoms with Crippen molar-refractivity contribution in [2.75, 3.05) is 13.7 Å². The van der Waals surface area contributed by atoms with Gasteiger partial charge in [0.2, 0.25) is 5.78 Å². The molecule has 0 spiro atoms. The van der Waals surface area contributed by atoms with Crippen molar-refractivity contribution in [3.8, 4) is 0 Å². The minimum Gasteiger partial charge on any atom is -0.383 e. The van der Waals surface area contributed by atoms with Crippen LogP contribution >= 0.6 is 31.9 Å². The Kier molecular flexibility index (Phi) is 5.06. The lowest BCUT2D eigenvalue weighted by molar-refractivity contribution is 0.102. The molecule has 0 saturated heterocycles. The van der Waals surface area contributed by atoms with Crippen LogP contribution in [0.15, 0.2) is 33.3 Å². The zero-order chi connectivity index (χ0) is 14.7. The number of carbonyl (C=O) groups is 1. The Morgan fingerprint density at radius 3 is 2.80 bits per heavy atom. The highest BCUT2D eigenvalue weighted by atomic mass is 79.9. The number of ether oxygens (including phenoxy) is 1. The van der Waals surface area contributed by atoms with Gasteiger partial charge in [-0.25, -0.2) is 4.39 Å². The minimum atomic E-state index is -0.409. The number of aromatic nitrogens is 2. The van der Waals surface area contributed by atoms with E-state index in [-0.39, 0.29) is 10.3 Å². The summed E-state index contributed by atoms with van der Waals surface area (Å²) in [4.78, 5) is 12.5. The largest absolute Gasteiger partial charge is 0.383 e. The van der Waals surface area contributed by atoms with Gasteiger partial charge < -0.3 is 4.74 Å². The quantitative estimate of drug-likeness (QED) is 0.716. The summed E-state index contributed by atoms with van der Waals surface area (Å²) in [5.41, 5.74) is 0.804. The van der Waals surface area contributed by atoms with E-state index < -0.39 is 5.82 Å². The average molecular weight is 406 g/mol. The fourth-order valence-electron chi connectivity index (χ4n) is 1.71. The van der Waals surface area contributed by atoms with E-state index in [9.17, 15) is 9.18 Å². The summed E-state index contributed by atoms with van der Waals surface area (Å²) in [7, 11) is 1.58. The van der Waals surface area contributed by atoms with Crippen LogP contribution in [0.1, 0.15) is 16.1 Å². The number of hydrogen-bond donors (Lipinski definition) is 0. The second-order valence-corrected chi connectivity index (χ2v) is 5.72. The highest BCUT2D eigenvalue weighted by molar-refractivity contribution is 9.10. The first kappa shape index (κ1) is 15.3. The molecule has 0 bridgehead atoms. The van der Waals surface area contributed by atoms with Crippen molar-refractivity contribution in [1.29, 1.82) is 0 Å². The summed E-state index contributed by atoms with van der Waals surface area (Å²) in [6.07, 6.45) is 1.56. The van der Waals surface area contributed by atoms with E-state index in [1.54, 1.807) is 18.0 Å². The Hall–Kier alpha value is -1.05. The van der Waals surface area contributed by atoms with Gasteiger partial charge in [0, 0.05) is 12.7 Å². The molecule has 0 aliphatic rings. The van der Waals surface area contributed by atoms with Crippen molar-refractivity contribution in [1.82, 2.24) is 9.78 Å². The van der Waals surface area contributed by atoms with Crippen LogP contribution in [0, 0.1) is 5.82 Å². The Labute approximate surface area is 132 Å². The smallest absolute Gasteiger partial charge is 0.212 e. The SMILES string of the molecule is COCCn1ncc(Br)c1C(=O)c1ccc(F)c(Br)c1. The number of carbonyl (C=O) groups excluding carboxylic acids is 1. The van der Waals surface area contributed by atoms with Gasteiger partial charge in [-0.05, 0) is 50.1 Å². The predicted molar refractivity (Wildman–Crippen MR) is 79.3 cm³/mol. The molecule has 0 atom stereocenters. The average Bonchev–Trinajstić information content (AvgIpc) is 2.80. The molecule has 20 heavy (non-hydrogen) atoms. The van der Waals surface area contributed by atoms with E-state index in [4.69, 9.17) is 4.74 Å². The molecule has 0 amide bonds. The minimum absolute atomic E-state index is 0.230. The molecule has 0 fully saturated rings. The lowest BCUT2D eigenvalue weighted by atomic mass is 10.1. The number of ketones is 1. The van der Waals surface area contributed by atoms with Crippen molar-refractivity contribution in [2.24, 2.45) is 0 Å². The number of nitrogens with zero attached hydrogens (tertiary/aromatic N) is 2. The number of methoxy groups -OCH3 is 1. The maximum atomic E-state index is 13.2. The molecule has 4 nitrogen and oxygen atoms in total. The molecule has 0 aliphatic carbocycles. The molecule has 1 aromatic heterocycles. The monoisotopic (exact) mass is 404 g/mol. The molecular weight excluding hydrogens is 395 g/mol. The number of rotatable bonds is 5. The van der Waals surface area contributed by atoms with Gasteiger partial charge in [-0.1, -0.05) is 0 Å². The van der Waals surface area contributed by atoms with Crippen LogP contribution in [0.3, 0.4) is 0 Å². The molecule has 0 unspecified atom stereocenters. The standard InChI is InChI=1S/C13H11Br2FN2O2/c1-20-5-4-18-12(10(15)7-17-18)13(19)8-2-3-11(16)9(14)6-8/h2-3,6-7H,4-5H2,1H3. The van der Waals surface area contributed by atoms with Gasteiger partial charge in [0.25, 0.3) is 0 Å². The number of halogens is 3. The molecule has 2 rings (SSSR count). The fourth-order valence-corrected chi connectivity index (χ4v) is 2.56. The summed E-state index contributed by atoms with van der Waals surface area (Å²) < 4.78 is 20.6. The van der Waals surface area contributed by atoms with Crippen LogP contribution in [0.2, 0.25) is 0 Å². The van der Waals surface area contributed by atoms with E-state index in [0.717, 1.165) is 0 Å². The normalized spacial score (nSPS) is 10.8. The number of benzene rings is 1. The summed E-state index contributed by atoms with van der Waals surface area (Å²) in [6.45, 7) is 0.910. The zero-order valence-electron chi connectivity index (χ0n) is 10.6. The summed E-state index contributed by atoms with van der Waals surface area (Å²) in [5, 5.41) is 4.12. The van der Waals surface area contributed by atoms with Crippen LogP contribution in [0.5, 0.6) is 0 Å². The van der Waals surface area contributed by atoms with Gasteiger partial charge in [0.05, 0.1) is 28.3 Å². The van der Waals surface area contributed by atoms with Crippen LogP contribution in [-0.2, 0) is 11.3 Å².